The molecule has 1 aromatic carbocycles. The zero-order valence-electron chi connectivity index (χ0n) is 8.45. The van der Waals surface area contributed by atoms with Crippen molar-refractivity contribution < 1.29 is 4.74 Å². The summed E-state index contributed by atoms with van der Waals surface area (Å²) in [5, 5.41) is 0. The molecule has 0 radical (unpaired) electrons. The Kier molecular flexibility index (Phi) is 3.32. The SMILES string of the molecule is Cc1ccc(OC(C)C(C)N)cc1. The molecule has 0 aliphatic rings. The quantitative estimate of drug-likeness (QED) is 0.771. The van der Waals surface area contributed by atoms with E-state index in [9.17, 15) is 0 Å². The maximum Gasteiger partial charge on any atom is 0.119 e. The van der Waals surface area contributed by atoms with Gasteiger partial charge in [-0.05, 0) is 32.9 Å². The lowest BCUT2D eigenvalue weighted by molar-refractivity contribution is 0.196. The Morgan fingerprint density at radius 1 is 1.15 bits per heavy atom. The van der Waals surface area contributed by atoms with Crippen LogP contribution in [0, 0.1) is 6.92 Å². The fourth-order valence-corrected chi connectivity index (χ4v) is 0.939. The van der Waals surface area contributed by atoms with Crippen molar-refractivity contribution in [3.8, 4) is 5.75 Å². The predicted molar refractivity (Wildman–Crippen MR) is 54.9 cm³/mol. The Morgan fingerprint density at radius 2 is 1.69 bits per heavy atom. The average Bonchev–Trinajstić information content (AvgIpc) is 2.08. The molecule has 2 unspecified atom stereocenters. The molecular weight excluding hydrogens is 162 g/mol. The maximum absolute atomic E-state index is 5.69. The summed E-state index contributed by atoms with van der Waals surface area (Å²) in [5.41, 5.74) is 6.93. The molecule has 1 rings (SSSR count). The van der Waals surface area contributed by atoms with Crippen LogP contribution in [0.2, 0.25) is 0 Å². The molecule has 2 atom stereocenters. The summed E-state index contributed by atoms with van der Waals surface area (Å²) in [6, 6.07) is 8.05. The summed E-state index contributed by atoms with van der Waals surface area (Å²) in [6.45, 7) is 5.97. The molecule has 0 aromatic heterocycles. The lowest BCUT2D eigenvalue weighted by Crippen LogP contribution is -2.33. The first-order chi connectivity index (χ1) is 6.09. The molecule has 0 spiro atoms. The Labute approximate surface area is 79.7 Å². The van der Waals surface area contributed by atoms with Gasteiger partial charge in [0.25, 0.3) is 0 Å². The van der Waals surface area contributed by atoms with Crippen LogP contribution in [-0.2, 0) is 0 Å². The fourth-order valence-electron chi connectivity index (χ4n) is 0.939. The summed E-state index contributed by atoms with van der Waals surface area (Å²) in [6.07, 6.45) is 0.0581. The Morgan fingerprint density at radius 3 is 2.15 bits per heavy atom. The molecule has 0 aliphatic carbocycles. The third kappa shape index (κ3) is 3.07. The van der Waals surface area contributed by atoms with Crippen molar-refractivity contribution in [2.75, 3.05) is 0 Å². The van der Waals surface area contributed by atoms with Crippen LogP contribution in [-0.4, -0.2) is 12.1 Å². The van der Waals surface area contributed by atoms with E-state index in [1.165, 1.54) is 5.56 Å². The van der Waals surface area contributed by atoms with Crippen LogP contribution in [0.15, 0.2) is 24.3 Å². The van der Waals surface area contributed by atoms with E-state index in [1.807, 2.05) is 38.1 Å². The highest BCUT2D eigenvalue weighted by molar-refractivity contribution is 5.26. The van der Waals surface area contributed by atoms with Crippen LogP contribution in [0.1, 0.15) is 19.4 Å². The third-order valence-electron chi connectivity index (χ3n) is 2.08. The molecular formula is C11H17NO. The van der Waals surface area contributed by atoms with Gasteiger partial charge in [0.15, 0.2) is 0 Å². The molecule has 0 saturated heterocycles. The van der Waals surface area contributed by atoms with E-state index in [0.29, 0.717) is 0 Å². The van der Waals surface area contributed by atoms with E-state index in [-0.39, 0.29) is 12.1 Å². The van der Waals surface area contributed by atoms with Crippen LogP contribution in [0.5, 0.6) is 5.75 Å². The molecule has 0 bridgehead atoms. The smallest absolute Gasteiger partial charge is 0.119 e. The number of benzene rings is 1. The third-order valence-corrected chi connectivity index (χ3v) is 2.08. The van der Waals surface area contributed by atoms with Gasteiger partial charge in [0, 0.05) is 6.04 Å². The zero-order chi connectivity index (χ0) is 9.84. The van der Waals surface area contributed by atoms with Gasteiger partial charge in [-0.25, -0.2) is 0 Å². The molecule has 0 fully saturated rings. The summed E-state index contributed by atoms with van der Waals surface area (Å²) < 4.78 is 5.61. The summed E-state index contributed by atoms with van der Waals surface area (Å²) in [4.78, 5) is 0. The Bertz CT molecular complexity index is 253. The molecule has 1 aromatic rings. The van der Waals surface area contributed by atoms with Crippen molar-refractivity contribution >= 4 is 0 Å². The minimum Gasteiger partial charge on any atom is -0.489 e. The van der Waals surface area contributed by atoms with E-state index in [1.54, 1.807) is 0 Å². The van der Waals surface area contributed by atoms with Crippen molar-refractivity contribution in [3.63, 3.8) is 0 Å². The molecule has 0 amide bonds. The minimum absolute atomic E-state index is 0.0568. The van der Waals surface area contributed by atoms with Crippen LogP contribution in [0.25, 0.3) is 0 Å². The normalized spacial score (nSPS) is 15.1. The average molecular weight is 179 g/mol. The highest BCUT2D eigenvalue weighted by atomic mass is 16.5. The van der Waals surface area contributed by atoms with Crippen LogP contribution in [0.4, 0.5) is 0 Å². The second-order valence-electron chi connectivity index (χ2n) is 3.50. The van der Waals surface area contributed by atoms with Gasteiger partial charge in [-0.15, -0.1) is 0 Å². The van der Waals surface area contributed by atoms with Gasteiger partial charge in [0.2, 0.25) is 0 Å². The Balaban J connectivity index is 2.59. The van der Waals surface area contributed by atoms with Gasteiger partial charge in [0.05, 0.1) is 0 Å². The monoisotopic (exact) mass is 179 g/mol. The molecule has 0 heterocycles. The van der Waals surface area contributed by atoms with Crippen LogP contribution >= 0.6 is 0 Å². The van der Waals surface area contributed by atoms with Gasteiger partial charge < -0.3 is 10.5 Å². The van der Waals surface area contributed by atoms with Crippen molar-refractivity contribution in [2.45, 2.75) is 32.9 Å². The van der Waals surface area contributed by atoms with Gasteiger partial charge in [-0.2, -0.15) is 0 Å². The first-order valence-electron chi connectivity index (χ1n) is 4.58. The van der Waals surface area contributed by atoms with E-state index in [2.05, 4.69) is 6.92 Å². The van der Waals surface area contributed by atoms with Crippen molar-refractivity contribution in [1.29, 1.82) is 0 Å². The second-order valence-corrected chi connectivity index (χ2v) is 3.50. The molecule has 13 heavy (non-hydrogen) atoms. The highest BCUT2D eigenvalue weighted by Gasteiger charge is 2.08. The maximum atomic E-state index is 5.69. The van der Waals surface area contributed by atoms with E-state index in [4.69, 9.17) is 10.5 Å². The summed E-state index contributed by atoms with van der Waals surface area (Å²) in [5.74, 6) is 0.885. The van der Waals surface area contributed by atoms with Crippen LogP contribution in [0.3, 0.4) is 0 Å². The predicted octanol–water partition coefficient (Wildman–Crippen LogP) is 2.11. The van der Waals surface area contributed by atoms with Crippen molar-refractivity contribution in [1.82, 2.24) is 0 Å². The lowest BCUT2D eigenvalue weighted by atomic mass is 10.2. The first kappa shape index (κ1) is 10.1. The minimum atomic E-state index is 0.0568. The molecule has 0 saturated carbocycles. The standard InChI is InChI=1S/C11H17NO/c1-8-4-6-11(7-5-8)13-10(3)9(2)12/h4-7,9-10H,12H2,1-3H3. The number of hydrogen-bond donors (Lipinski definition) is 1. The van der Waals surface area contributed by atoms with E-state index >= 15 is 0 Å². The molecule has 2 heteroatoms. The van der Waals surface area contributed by atoms with Gasteiger partial charge >= 0.3 is 0 Å². The fraction of sp³-hybridized carbons (Fsp3) is 0.455. The largest absolute Gasteiger partial charge is 0.489 e. The molecule has 2 nitrogen and oxygen atoms in total. The van der Waals surface area contributed by atoms with Gasteiger partial charge in [-0.3, -0.25) is 0 Å². The highest BCUT2D eigenvalue weighted by Crippen LogP contribution is 2.13. The number of hydrogen-bond acceptors (Lipinski definition) is 2. The summed E-state index contributed by atoms with van der Waals surface area (Å²) >= 11 is 0. The Hall–Kier alpha value is -1.02. The zero-order valence-corrected chi connectivity index (χ0v) is 8.45. The topological polar surface area (TPSA) is 35.2 Å². The van der Waals surface area contributed by atoms with Crippen LogP contribution < -0.4 is 10.5 Å². The van der Waals surface area contributed by atoms with E-state index < -0.39 is 0 Å². The molecule has 0 aliphatic heterocycles. The molecule has 2 N–H and O–H groups in total. The number of ether oxygens (including phenoxy) is 1. The lowest BCUT2D eigenvalue weighted by Gasteiger charge is -2.17. The number of rotatable bonds is 3. The number of aryl methyl sites for hydroxylation is 1. The van der Waals surface area contributed by atoms with E-state index in [0.717, 1.165) is 5.75 Å². The molecule has 72 valence electrons. The van der Waals surface area contributed by atoms with Gasteiger partial charge in [-0.1, -0.05) is 17.7 Å². The number of nitrogens with two attached hydrogens (primary N) is 1. The summed E-state index contributed by atoms with van der Waals surface area (Å²) in [7, 11) is 0. The van der Waals surface area contributed by atoms with Crippen molar-refractivity contribution in [2.24, 2.45) is 5.73 Å². The van der Waals surface area contributed by atoms with Crippen molar-refractivity contribution in [3.05, 3.63) is 29.8 Å². The van der Waals surface area contributed by atoms with Gasteiger partial charge in [0.1, 0.15) is 11.9 Å². The first-order valence-corrected chi connectivity index (χ1v) is 4.58. The second kappa shape index (κ2) is 4.28.